The van der Waals surface area contributed by atoms with Gasteiger partial charge in [-0.25, -0.2) is 0 Å². The molecule has 104 valence electrons. The van der Waals surface area contributed by atoms with Crippen LogP contribution in [-0.4, -0.2) is 12.6 Å². The summed E-state index contributed by atoms with van der Waals surface area (Å²) in [6.45, 7) is 3.90. The van der Waals surface area contributed by atoms with Gasteiger partial charge in [-0.15, -0.1) is 0 Å². The van der Waals surface area contributed by atoms with E-state index in [0.29, 0.717) is 6.04 Å². The van der Waals surface area contributed by atoms with Crippen LogP contribution in [-0.2, 0) is 6.54 Å². The Kier molecular flexibility index (Phi) is 3.77. The van der Waals surface area contributed by atoms with E-state index in [1.165, 1.54) is 11.4 Å². The lowest BCUT2D eigenvalue weighted by atomic mass is 10.1. The first kappa shape index (κ1) is 13.6. The first-order valence-electron chi connectivity index (χ1n) is 6.68. The third-order valence-electron chi connectivity index (χ3n) is 3.68. The molecule has 0 fully saturated rings. The highest BCUT2D eigenvalue weighted by Gasteiger charge is 2.23. The van der Waals surface area contributed by atoms with Crippen molar-refractivity contribution in [3.63, 3.8) is 0 Å². The second kappa shape index (κ2) is 5.55. The number of rotatable bonds is 2. The van der Waals surface area contributed by atoms with Crippen LogP contribution in [0.2, 0.25) is 10.0 Å². The Labute approximate surface area is 129 Å². The number of nitrogens with one attached hydrogen (secondary N) is 1. The van der Waals surface area contributed by atoms with Gasteiger partial charge in [-0.2, -0.15) is 0 Å². The molecule has 0 aromatic heterocycles. The summed E-state index contributed by atoms with van der Waals surface area (Å²) in [4.78, 5) is 2.36. The molecule has 0 radical (unpaired) electrons. The van der Waals surface area contributed by atoms with Gasteiger partial charge in [0.15, 0.2) is 0 Å². The number of halogens is 2. The molecule has 0 saturated carbocycles. The zero-order valence-corrected chi connectivity index (χ0v) is 12.7. The number of fused-ring (bicyclic) bond motifs is 1. The number of hydrogen-bond donors (Lipinski definition) is 1. The topological polar surface area (TPSA) is 15.3 Å². The average molecular weight is 307 g/mol. The lowest BCUT2D eigenvalue weighted by molar-refractivity contribution is 0.641. The molecule has 2 nitrogen and oxygen atoms in total. The molecule has 4 heteroatoms. The minimum atomic E-state index is 0.403. The van der Waals surface area contributed by atoms with E-state index in [9.17, 15) is 0 Å². The van der Waals surface area contributed by atoms with Crippen LogP contribution < -0.4 is 10.2 Å². The zero-order chi connectivity index (χ0) is 14.1. The maximum absolute atomic E-state index is 6.29. The van der Waals surface area contributed by atoms with Gasteiger partial charge in [0.05, 0.1) is 11.4 Å². The molecule has 1 unspecified atom stereocenters. The van der Waals surface area contributed by atoms with Crippen molar-refractivity contribution >= 4 is 34.6 Å². The Morgan fingerprint density at radius 2 is 2.00 bits per heavy atom. The number of hydrogen-bond acceptors (Lipinski definition) is 2. The number of para-hydroxylation sites is 2. The van der Waals surface area contributed by atoms with Crippen molar-refractivity contribution in [1.82, 2.24) is 0 Å². The standard InChI is InChI=1S/C16H16Cl2N2/c1-11-9-19-15-4-2-3-5-16(15)20(11)10-12-8-13(17)6-7-14(12)18/h2-8,11,19H,9-10H2,1H3. The van der Waals surface area contributed by atoms with E-state index < -0.39 is 0 Å². The summed E-state index contributed by atoms with van der Waals surface area (Å²) >= 11 is 12.4. The van der Waals surface area contributed by atoms with Crippen molar-refractivity contribution in [2.45, 2.75) is 19.5 Å². The lowest BCUT2D eigenvalue weighted by Crippen LogP contribution is -2.41. The van der Waals surface area contributed by atoms with E-state index in [4.69, 9.17) is 23.2 Å². The average Bonchev–Trinajstić information content (AvgIpc) is 2.46. The molecule has 1 aliphatic heterocycles. The Morgan fingerprint density at radius 1 is 1.20 bits per heavy atom. The third kappa shape index (κ3) is 2.58. The molecule has 0 aliphatic carbocycles. The highest BCUT2D eigenvalue weighted by atomic mass is 35.5. The summed E-state index contributed by atoms with van der Waals surface area (Å²) in [5, 5.41) is 4.94. The maximum Gasteiger partial charge on any atom is 0.0608 e. The van der Waals surface area contributed by atoms with Crippen LogP contribution in [0.1, 0.15) is 12.5 Å². The Bertz CT molecular complexity index is 628. The number of anilines is 2. The van der Waals surface area contributed by atoms with E-state index in [1.54, 1.807) is 0 Å². The van der Waals surface area contributed by atoms with Gasteiger partial charge in [0.2, 0.25) is 0 Å². The smallest absolute Gasteiger partial charge is 0.0608 e. The largest absolute Gasteiger partial charge is 0.381 e. The fourth-order valence-electron chi connectivity index (χ4n) is 2.57. The molecule has 20 heavy (non-hydrogen) atoms. The summed E-state index contributed by atoms with van der Waals surface area (Å²) < 4.78 is 0. The molecule has 0 spiro atoms. The van der Waals surface area contributed by atoms with Crippen LogP contribution >= 0.6 is 23.2 Å². The van der Waals surface area contributed by atoms with Crippen LogP contribution in [0, 0.1) is 0 Å². The lowest BCUT2D eigenvalue weighted by Gasteiger charge is -2.38. The van der Waals surface area contributed by atoms with Crippen LogP contribution in [0.15, 0.2) is 42.5 Å². The predicted octanol–water partition coefficient (Wildman–Crippen LogP) is 4.81. The quantitative estimate of drug-likeness (QED) is 0.856. The molecule has 1 atom stereocenters. The minimum Gasteiger partial charge on any atom is -0.381 e. The molecule has 0 amide bonds. The molecule has 0 saturated heterocycles. The summed E-state index contributed by atoms with van der Waals surface area (Å²) in [7, 11) is 0. The number of nitrogens with zero attached hydrogens (tertiary/aromatic N) is 1. The van der Waals surface area contributed by atoms with Crippen molar-refractivity contribution in [3.8, 4) is 0 Å². The Balaban J connectivity index is 1.95. The van der Waals surface area contributed by atoms with Crippen LogP contribution in [0.5, 0.6) is 0 Å². The van der Waals surface area contributed by atoms with Gasteiger partial charge in [-0.1, -0.05) is 35.3 Å². The van der Waals surface area contributed by atoms with Gasteiger partial charge in [0, 0.05) is 29.2 Å². The predicted molar refractivity (Wildman–Crippen MR) is 87.0 cm³/mol. The molecule has 3 rings (SSSR count). The van der Waals surface area contributed by atoms with E-state index >= 15 is 0 Å². The van der Waals surface area contributed by atoms with Gasteiger partial charge in [0.1, 0.15) is 0 Å². The first-order valence-corrected chi connectivity index (χ1v) is 7.44. The maximum atomic E-state index is 6.29. The van der Waals surface area contributed by atoms with Gasteiger partial charge in [0.25, 0.3) is 0 Å². The summed E-state index contributed by atoms with van der Waals surface area (Å²) in [6.07, 6.45) is 0. The molecular formula is C16H16Cl2N2. The first-order chi connectivity index (χ1) is 9.65. The SMILES string of the molecule is CC1CNc2ccccc2N1Cc1cc(Cl)ccc1Cl. The van der Waals surface area contributed by atoms with E-state index in [-0.39, 0.29) is 0 Å². The zero-order valence-electron chi connectivity index (χ0n) is 11.2. The number of benzene rings is 2. The van der Waals surface area contributed by atoms with Gasteiger partial charge in [-0.3, -0.25) is 0 Å². The second-order valence-electron chi connectivity index (χ2n) is 5.11. The van der Waals surface area contributed by atoms with Crippen molar-refractivity contribution < 1.29 is 0 Å². The second-order valence-corrected chi connectivity index (χ2v) is 5.95. The van der Waals surface area contributed by atoms with E-state index in [2.05, 4.69) is 35.3 Å². The summed E-state index contributed by atoms with van der Waals surface area (Å²) in [5.41, 5.74) is 3.44. The molecule has 1 aliphatic rings. The molecular weight excluding hydrogens is 291 g/mol. The normalized spacial score (nSPS) is 17.6. The monoisotopic (exact) mass is 306 g/mol. The third-order valence-corrected chi connectivity index (χ3v) is 4.29. The van der Waals surface area contributed by atoms with Crippen LogP contribution in [0.25, 0.3) is 0 Å². The highest BCUT2D eigenvalue weighted by Crippen LogP contribution is 2.33. The van der Waals surface area contributed by atoms with Crippen molar-refractivity contribution in [1.29, 1.82) is 0 Å². The van der Waals surface area contributed by atoms with Gasteiger partial charge >= 0.3 is 0 Å². The highest BCUT2D eigenvalue weighted by molar-refractivity contribution is 6.33. The fourth-order valence-corrected chi connectivity index (χ4v) is 2.94. The van der Waals surface area contributed by atoms with Crippen molar-refractivity contribution in [2.75, 3.05) is 16.8 Å². The van der Waals surface area contributed by atoms with Gasteiger partial charge in [-0.05, 0) is 42.8 Å². The molecule has 2 aromatic rings. The Hall–Kier alpha value is -1.38. The fraction of sp³-hybridized carbons (Fsp3) is 0.250. The molecule has 0 bridgehead atoms. The summed E-state index contributed by atoms with van der Waals surface area (Å²) in [6, 6.07) is 14.4. The Morgan fingerprint density at radius 3 is 2.85 bits per heavy atom. The molecule has 2 aromatic carbocycles. The van der Waals surface area contributed by atoms with E-state index in [0.717, 1.165) is 28.7 Å². The van der Waals surface area contributed by atoms with Crippen LogP contribution in [0.3, 0.4) is 0 Å². The van der Waals surface area contributed by atoms with Crippen LogP contribution in [0.4, 0.5) is 11.4 Å². The molecule has 1 N–H and O–H groups in total. The minimum absolute atomic E-state index is 0.403. The van der Waals surface area contributed by atoms with E-state index in [1.807, 2.05) is 24.3 Å². The summed E-state index contributed by atoms with van der Waals surface area (Å²) in [5.74, 6) is 0. The molecule has 1 heterocycles. The van der Waals surface area contributed by atoms with Gasteiger partial charge < -0.3 is 10.2 Å². The van der Waals surface area contributed by atoms with Crippen molar-refractivity contribution in [2.24, 2.45) is 0 Å². The van der Waals surface area contributed by atoms with Crippen molar-refractivity contribution in [3.05, 3.63) is 58.1 Å².